The summed E-state index contributed by atoms with van der Waals surface area (Å²) in [7, 11) is 4.22. The molecule has 1 aromatic heterocycles. The second-order valence-electron chi connectivity index (χ2n) is 8.78. The molecule has 5 nitrogen and oxygen atoms in total. The second kappa shape index (κ2) is 8.21. The van der Waals surface area contributed by atoms with Crippen LogP contribution in [-0.2, 0) is 12.1 Å². The average Bonchev–Trinajstić information content (AvgIpc) is 3.07. The van der Waals surface area contributed by atoms with E-state index in [0.29, 0.717) is 0 Å². The van der Waals surface area contributed by atoms with E-state index in [1.165, 1.54) is 24.8 Å². The molecule has 1 saturated carbocycles. The lowest BCUT2D eigenvalue weighted by atomic mass is 9.74. The van der Waals surface area contributed by atoms with Crippen molar-refractivity contribution >= 4 is 28.3 Å². The van der Waals surface area contributed by atoms with Gasteiger partial charge in [-0.3, -0.25) is 4.90 Å². The van der Waals surface area contributed by atoms with Crippen molar-refractivity contribution in [2.24, 2.45) is 0 Å². The Morgan fingerprint density at radius 1 is 1.17 bits per heavy atom. The van der Waals surface area contributed by atoms with Gasteiger partial charge in [0, 0.05) is 24.0 Å². The quantitative estimate of drug-likeness (QED) is 0.684. The zero-order valence-corrected chi connectivity index (χ0v) is 18.7. The number of fused-ring (bicyclic) bond motifs is 4. The third-order valence-electron chi connectivity index (χ3n) is 6.35. The van der Waals surface area contributed by atoms with Gasteiger partial charge in [-0.25, -0.2) is 0 Å². The van der Waals surface area contributed by atoms with Crippen LogP contribution in [0.4, 0.5) is 5.69 Å². The lowest BCUT2D eigenvalue weighted by Crippen LogP contribution is -2.48. The fourth-order valence-corrected chi connectivity index (χ4v) is 5.09. The molecule has 1 aliphatic heterocycles. The van der Waals surface area contributed by atoms with Crippen LogP contribution in [0.15, 0.2) is 28.9 Å². The van der Waals surface area contributed by atoms with Gasteiger partial charge >= 0.3 is 0 Å². The van der Waals surface area contributed by atoms with Gasteiger partial charge in [-0.05, 0) is 45.6 Å². The average molecular weight is 417 g/mol. The van der Waals surface area contributed by atoms with Crippen LogP contribution in [-0.4, -0.2) is 43.5 Å². The van der Waals surface area contributed by atoms with Gasteiger partial charge in [0.05, 0.1) is 28.6 Å². The van der Waals surface area contributed by atoms with Crippen molar-refractivity contribution in [2.75, 3.05) is 39.0 Å². The Bertz CT molecular complexity index is 898. The van der Waals surface area contributed by atoms with Crippen molar-refractivity contribution in [2.45, 2.75) is 51.1 Å². The lowest BCUT2D eigenvalue weighted by molar-refractivity contribution is 0.228. The Hall–Kier alpha value is -1.69. The maximum atomic E-state index is 6.73. The number of hydrogen-bond donors (Lipinski definition) is 2. The monoisotopic (exact) mass is 416 g/mol. The normalized spacial score (nSPS) is 18.3. The van der Waals surface area contributed by atoms with Crippen LogP contribution in [0.25, 0.3) is 11.0 Å². The van der Waals surface area contributed by atoms with E-state index in [-0.39, 0.29) is 5.54 Å². The third-order valence-corrected chi connectivity index (χ3v) is 6.65. The number of benzene rings is 1. The van der Waals surface area contributed by atoms with E-state index in [1.54, 1.807) is 0 Å². The number of nitrogens with one attached hydrogen (secondary N) is 2. The van der Waals surface area contributed by atoms with Crippen LogP contribution < -0.4 is 10.6 Å². The summed E-state index contributed by atoms with van der Waals surface area (Å²) in [4.78, 5) is 4.63. The van der Waals surface area contributed by atoms with Crippen molar-refractivity contribution in [1.82, 2.24) is 15.1 Å². The summed E-state index contributed by atoms with van der Waals surface area (Å²) in [5, 5.41) is 8.87. The number of hydrogen-bond acceptors (Lipinski definition) is 5. The van der Waals surface area contributed by atoms with Crippen molar-refractivity contribution in [1.29, 1.82) is 0 Å². The predicted molar refractivity (Wildman–Crippen MR) is 121 cm³/mol. The molecule has 2 aliphatic rings. The molecule has 0 unspecified atom stereocenters. The summed E-state index contributed by atoms with van der Waals surface area (Å²) in [6, 6.07) is 4.20. The molecule has 2 aromatic rings. The highest BCUT2D eigenvalue weighted by atomic mass is 35.5. The minimum Gasteiger partial charge on any atom is -0.459 e. The van der Waals surface area contributed by atoms with E-state index in [1.807, 2.05) is 6.07 Å². The molecule has 1 fully saturated rings. The van der Waals surface area contributed by atoms with Crippen molar-refractivity contribution in [3.63, 3.8) is 0 Å². The highest BCUT2D eigenvalue weighted by molar-refractivity contribution is 6.34. The molecular formula is C23H33ClN4O. The first-order chi connectivity index (χ1) is 13.9. The number of anilines is 1. The van der Waals surface area contributed by atoms with E-state index in [9.17, 15) is 0 Å². The van der Waals surface area contributed by atoms with Gasteiger partial charge in [0.2, 0.25) is 0 Å². The first kappa shape index (κ1) is 20.6. The maximum Gasteiger partial charge on any atom is 0.142 e. The summed E-state index contributed by atoms with van der Waals surface area (Å²) in [5.74, 6) is 1.83. The molecule has 158 valence electrons. The molecule has 0 atom stereocenters. The molecule has 29 heavy (non-hydrogen) atoms. The van der Waals surface area contributed by atoms with Crippen molar-refractivity contribution in [3.8, 4) is 0 Å². The minimum atomic E-state index is -0.135. The molecule has 0 amide bonds. The van der Waals surface area contributed by atoms with Gasteiger partial charge in [-0.15, -0.1) is 0 Å². The van der Waals surface area contributed by atoms with Crippen molar-refractivity contribution in [3.05, 3.63) is 40.9 Å². The van der Waals surface area contributed by atoms with Crippen LogP contribution in [0.3, 0.4) is 0 Å². The molecule has 1 aromatic carbocycles. The molecular weight excluding hydrogens is 384 g/mol. The summed E-state index contributed by atoms with van der Waals surface area (Å²) >= 11 is 6.73. The summed E-state index contributed by atoms with van der Waals surface area (Å²) in [5.41, 5.74) is 2.99. The van der Waals surface area contributed by atoms with Gasteiger partial charge in [-0.2, -0.15) is 0 Å². The maximum absolute atomic E-state index is 6.73. The number of rotatable bonds is 6. The largest absolute Gasteiger partial charge is 0.459 e. The van der Waals surface area contributed by atoms with E-state index in [2.05, 4.69) is 54.1 Å². The van der Waals surface area contributed by atoms with E-state index in [0.717, 1.165) is 72.3 Å². The molecule has 0 saturated heterocycles. The number of likely N-dealkylation sites (N-methyl/N-ethyl adjacent to an activating group) is 2. The highest BCUT2D eigenvalue weighted by Gasteiger charge is 2.42. The Kier molecular flexibility index (Phi) is 5.83. The molecule has 0 bridgehead atoms. The van der Waals surface area contributed by atoms with Crippen LogP contribution in [0, 0.1) is 0 Å². The standard InChI is InChI=1S/C23H33ClN4O/c1-5-28(12-11-27(3)4)15-18-13-17-14-19(24)21-20(22(17)29-18)23(26-16(2)25-21)9-7-6-8-10-23/h13-14,25-26H,2,5-12,15H2,1,3-4H3. The van der Waals surface area contributed by atoms with Gasteiger partial charge in [-0.1, -0.05) is 44.4 Å². The Morgan fingerprint density at radius 2 is 1.93 bits per heavy atom. The molecule has 4 rings (SSSR count). The zero-order chi connectivity index (χ0) is 20.6. The number of halogens is 1. The fourth-order valence-electron chi connectivity index (χ4n) is 4.83. The number of nitrogens with zero attached hydrogens (tertiary/aromatic N) is 2. The first-order valence-corrected chi connectivity index (χ1v) is 11.2. The Balaban J connectivity index is 1.74. The van der Waals surface area contributed by atoms with Crippen LogP contribution in [0.2, 0.25) is 5.02 Å². The summed E-state index contributed by atoms with van der Waals surface area (Å²) in [6.45, 7) is 10.2. The van der Waals surface area contributed by atoms with E-state index >= 15 is 0 Å². The third kappa shape index (κ3) is 4.00. The summed E-state index contributed by atoms with van der Waals surface area (Å²) < 4.78 is 6.50. The SMILES string of the molecule is C=C1Nc2c(Cl)cc3cc(CN(CC)CCN(C)C)oc3c2C2(CCCCC2)N1. The van der Waals surface area contributed by atoms with Crippen LogP contribution >= 0.6 is 11.6 Å². The smallest absolute Gasteiger partial charge is 0.142 e. The lowest BCUT2D eigenvalue weighted by Gasteiger charge is -2.44. The van der Waals surface area contributed by atoms with Gasteiger partial charge in [0.15, 0.2) is 0 Å². The fraction of sp³-hybridized carbons (Fsp3) is 0.565. The molecule has 1 aliphatic carbocycles. The van der Waals surface area contributed by atoms with Gasteiger partial charge in [0.25, 0.3) is 0 Å². The van der Waals surface area contributed by atoms with Crippen LogP contribution in [0.1, 0.15) is 50.4 Å². The second-order valence-corrected chi connectivity index (χ2v) is 9.19. The summed E-state index contributed by atoms with van der Waals surface area (Å²) in [6.07, 6.45) is 5.85. The molecule has 2 N–H and O–H groups in total. The predicted octanol–water partition coefficient (Wildman–Crippen LogP) is 5.12. The molecule has 2 heterocycles. The van der Waals surface area contributed by atoms with E-state index < -0.39 is 0 Å². The topological polar surface area (TPSA) is 43.7 Å². The minimum absolute atomic E-state index is 0.135. The van der Waals surface area contributed by atoms with E-state index in [4.69, 9.17) is 16.0 Å². The zero-order valence-electron chi connectivity index (χ0n) is 17.9. The van der Waals surface area contributed by atoms with Gasteiger partial charge in [0.1, 0.15) is 11.3 Å². The molecule has 1 spiro atoms. The van der Waals surface area contributed by atoms with Crippen LogP contribution in [0.5, 0.6) is 0 Å². The first-order valence-electron chi connectivity index (χ1n) is 10.8. The van der Waals surface area contributed by atoms with Gasteiger partial charge < -0.3 is 20.0 Å². The molecule has 6 heteroatoms. The highest BCUT2D eigenvalue weighted by Crippen LogP contribution is 2.49. The Morgan fingerprint density at radius 3 is 2.62 bits per heavy atom. The molecule has 0 radical (unpaired) electrons. The number of furan rings is 1. The Labute approximate surface area is 179 Å². The van der Waals surface area contributed by atoms with Crippen molar-refractivity contribution < 1.29 is 4.42 Å².